The van der Waals surface area contributed by atoms with Gasteiger partial charge in [0.05, 0.1) is 0 Å². The number of hydrogen-bond donors (Lipinski definition) is 2. The molecule has 3 aliphatic rings. The average molecular weight is 225 g/mol. The van der Waals surface area contributed by atoms with Gasteiger partial charge in [0.25, 0.3) is 0 Å². The van der Waals surface area contributed by atoms with Crippen LogP contribution in [-0.2, 0) is 4.79 Å². The summed E-state index contributed by atoms with van der Waals surface area (Å²) in [6.45, 7) is 0.428. The van der Waals surface area contributed by atoms with Gasteiger partial charge in [0.15, 0.2) is 0 Å². The van der Waals surface area contributed by atoms with Crippen molar-refractivity contribution < 1.29 is 19.8 Å². The number of rotatable bonds is 1. The van der Waals surface area contributed by atoms with Crippen LogP contribution in [0, 0.1) is 17.3 Å². The van der Waals surface area contributed by atoms with Crippen LogP contribution in [0.15, 0.2) is 0 Å². The van der Waals surface area contributed by atoms with E-state index >= 15 is 0 Å². The molecule has 88 valence electrons. The lowest BCUT2D eigenvalue weighted by Gasteiger charge is -2.26. The van der Waals surface area contributed by atoms with Gasteiger partial charge in [-0.15, -0.1) is 0 Å². The number of carbonyl (C=O) groups is 2. The molecule has 5 heteroatoms. The Bertz CT molecular complexity index is 361. The van der Waals surface area contributed by atoms with E-state index < -0.39 is 18.1 Å². The molecule has 2 aliphatic carbocycles. The molecule has 3 rings (SSSR count). The van der Waals surface area contributed by atoms with Crippen molar-refractivity contribution in [2.75, 3.05) is 6.54 Å². The highest BCUT2D eigenvalue weighted by atomic mass is 16.4. The van der Waals surface area contributed by atoms with Gasteiger partial charge in [-0.1, -0.05) is 12.8 Å². The fraction of sp³-hybridized carbons (Fsp3) is 0.818. The molecule has 0 bridgehead atoms. The largest absolute Gasteiger partial charge is 0.480 e. The van der Waals surface area contributed by atoms with E-state index in [1.54, 1.807) is 0 Å². The minimum absolute atomic E-state index is 0.0867. The fourth-order valence-electron chi connectivity index (χ4n) is 4.18. The molecule has 0 radical (unpaired) electrons. The Balaban J connectivity index is 1.86. The number of likely N-dealkylation sites (tertiary alicyclic amines) is 1. The molecular weight excluding hydrogens is 210 g/mol. The van der Waals surface area contributed by atoms with Crippen LogP contribution in [0.5, 0.6) is 0 Å². The van der Waals surface area contributed by atoms with E-state index in [1.807, 2.05) is 0 Å². The van der Waals surface area contributed by atoms with Gasteiger partial charge in [-0.05, 0) is 24.2 Å². The van der Waals surface area contributed by atoms with Crippen molar-refractivity contribution in [3.05, 3.63) is 0 Å². The Kier molecular flexibility index (Phi) is 1.80. The minimum Gasteiger partial charge on any atom is -0.480 e. The highest BCUT2D eigenvalue weighted by Gasteiger charge is 2.74. The maximum Gasteiger partial charge on any atom is 0.408 e. The van der Waals surface area contributed by atoms with E-state index in [1.165, 1.54) is 12.8 Å². The molecule has 3 atom stereocenters. The fourth-order valence-corrected chi connectivity index (χ4v) is 4.18. The topological polar surface area (TPSA) is 77.8 Å². The van der Waals surface area contributed by atoms with Crippen LogP contribution in [0.3, 0.4) is 0 Å². The van der Waals surface area contributed by atoms with Crippen molar-refractivity contribution in [1.29, 1.82) is 0 Å². The maximum absolute atomic E-state index is 11.2. The van der Waals surface area contributed by atoms with Crippen molar-refractivity contribution in [3.63, 3.8) is 0 Å². The summed E-state index contributed by atoms with van der Waals surface area (Å²) in [7, 11) is 0. The summed E-state index contributed by atoms with van der Waals surface area (Å²) in [4.78, 5) is 23.2. The Morgan fingerprint density at radius 3 is 2.31 bits per heavy atom. The van der Waals surface area contributed by atoms with Crippen LogP contribution in [0.2, 0.25) is 0 Å². The predicted octanol–water partition coefficient (Wildman–Crippen LogP) is 1.24. The highest BCUT2D eigenvalue weighted by molar-refractivity contribution is 5.81. The molecule has 1 saturated heterocycles. The summed E-state index contributed by atoms with van der Waals surface area (Å²) in [5, 5.41) is 18.1. The Hall–Kier alpha value is -1.26. The minimum atomic E-state index is -1.09. The molecular formula is C11H15NO4. The molecule has 3 fully saturated rings. The lowest BCUT2D eigenvalue weighted by atomic mass is 9.95. The van der Waals surface area contributed by atoms with Gasteiger partial charge < -0.3 is 10.2 Å². The molecule has 1 heterocycles. The molecule has 1 amide bonds. The molecule has 5 nitrogen and oxygen atoms in total. The van der Waals surface area contributed by atoms with Gasteiger partial charge in [-0.2, -0.15) is 0 Å². The monoisotopic (exact) mass is 225 g/mol. The van der Waals surface area contributed by atoms with Crippen LogP contribution >= 0.6 is 0 Å². The molecule has 1 aliphatic heterocycles. The third kappa shape index (κ3) is 1.01. The second kappa shape index (κ2) is 2.90. The van der Waals surface area contributed by atoms with Crippen LogP contribution in [-0.4, -0.2) is 39.8 Å². The first-order valence-electron chi connectivity index (χ1n) is 5.80. The van der Waals surface area contributed by atoms with Crippen molar-refractivity contribution in [1.82, 2.24) is 4.90 Å². The molecule has 1 spiro atoms. The van der Waals surface area contributed by atoms with Crippen LogP contribution < -0.4 is 0 Å². The SMILES string of the molecule is O=C(O)[C@@H]1[C@@H]2[C@H](CN1C(=O)O)C21CCCC1. The molecule has 0 aromatic rings. The highest BCUT2D eigenvalue weighted by Crippen LogP contribution is 2.72. The van der Waals surface area contributed by atoms with E-state index in [4.69, 9.17) is 10.2 Å². The van der Waals surface area contributed by atoms with E-state index in [2.05, 4.69) is 0 Å². The zero-order valence-electron chi connectivity index (χ0n) is 8.93. The van der Waals surface area contributed by atoms with Gasteiger partial charge in [0, 0.05) is 12.5 Å². The Morgan fingerprint density at radius 1 is 1.19 bits per heavy atom. The third-order valence-corrected chi connectivity index (χ3v) is 4.83. The predicted molar refractivity (Wildman–Crippen MR) is 54.0 cm³/mol. The quantitative estimate of drug-likeness (QED) is 0.703. The van der Waals surface area contributed by atoms with Crippen molar-refractivity contribution >= 4 is 12.1 Å². The van der Waals surface area contributed by atoms with Crippen LogP contribution in [0.1, 0.15) is 25.7 Å². The van der Waals surface area contributed by atoms with E-state index in [9.17, 15) is 9.59 Å². The number of fused-ring (bicyclic) bond motifs is 3. The van der Waals surface area contributed by atoms with Gasteiger partial charge in [0.1, 0.15) is 6.04 Å². The van der Waals surface area contributed by atoms with Gasteiger partial charge in [0.2, 0.25) is 0 Å². The van der Waals surface area contributed by atoms with E-state index in [0.29, 0.717) is 12.5 Å². The average Bonchev–Trinajstić information content (AvgIpc) is 2.60. The second-order valence-corrected chi connectivity index (χ2v) is 5.29. The van der Waals surface area contributed by atoms with Crippen LogP contribution in [0.25, 0.3) is 0 Å². The van der Waals surface area contributed by atoms with E-state index in [0.717, 1.165) is 17.7 Å². The molecule has 0 aromatic heterocycles. The third-order valence-electron chi connectivity index (χ3n) is 4.83. The number of nitrogens with zero attached hydrogens (tertiary/aromatic N) is 1. The maximum atomic E-state index is 11.2. The number of piperidine rings is 1. The zero-order valence-corrected chi connectivity index (χ0v) is 8.93. The number of amides is 1. The first-order valence-corrected chi connectivity index (χ1v) is 5.80. The van der Waals surface area contributed by atoms with Gasteiger partial charge >= 0.3 is 12.1 Å². The van der Waals surface area contributed by atoms with Gasteiger partial charge in [-0.25, -0.2) is 9.59 Å². The summed E-state index contributed by atoms with van der Waals surface area (Å²) in [5.74, 6) is -0.575. The summed E-state index contributed by atoms with van der Waals surface area (Å²) in [5.41, 5.74) is 0.189. The summed E-state index contributed by atoms with van der Waals surface area (Å²) >= 11 is 0. The summed E-state index contributed by atoms with van der Waals surface area (Å²) in [6, 6.07) is -0.791. The number of carboxylic acid groups (broad SMARTS) is 2. The number of hydrogen-bond acceptors (Lipinski definition) is 2. The second-order valence-electron chi connectivity index (χ2n) is 5.29. The first kappa shape index (κ1) is 9.93. The molecule has 2 N–H and O–H groups in total. The van der Waals surface area contributed by atoms with Crippen LogP contribution in [0.4, 0.5) is 4.79 Å². The Morgan fingerprint density at radius 2 is 1.81 bits per heavy atom. The number of aliphatic carboxylic acids is 1. The molecule has 16 heavy (non-hydrogen) atoms. The molecule has 0 unspecified atom stereocenters. The van der Waals surface area contributed by atoms with Crippen molar-refractivity contribution in [2.45, 2.75) is 31.7 Å². The summed E-state index contributed by atoms with van der Waals surface area (Å²) in [6.07, 6.45) is 3.45. The lowest BCUT2D eigenvalue weighted by molar-refractivity contribution is -0.143. The molecule has 2 saturated carbocycles. The normalized spacial score (nSPS) is 38.8. The van der Waals surface area contributed by atoms with Crippen molar-refractivity contribution in [2.24, 2.45) is 17.3 Å². The zero-order chi connectivity index (χ0) is 11.5. The van der Waals surface area contributed by atoms with E-state index in [-0.39, 0.29) is 11.3 Å². The number of carboxylic acids is 1. The smallest absolute Gasteiger partial charge is 0.408 e. The molecule has 0 aromatic carbocycles. The summed E-state index contributed by atoms with van der Waals surface area (Å²) < 4.78 is 0. The van der Waals surface area contributed by atoms with Gasteiger partial charge in [-0.3, -0.25) is 4.90 Å². The Labute approximate surface area is 93.0 Å². The lowest BCUT2D eigenvalue weighted by Crippen LogP contribution is -2.45. The first-order chi connectivity index (χ1) is 7.58. The standard InChI is InChI=1S/C11H15NO4/c13-9(14)8-7-6(5-12(8)10(15)16)11(7)3-1-2-4-11/h6-8H,1-5H2,(H,13,14)(H,15,16)/t6-,7-,8-/m0/s1. The van der Waals surface area contributed by atoms with Crippen molar-refractivity contribution in [3.8, 4) is 0 Å².